The van der Waals surface area contributed by atoms with Crippen LogP contribution in [0.25, 0.3) is 0 Å². The van der Waals surface area contributed by atoms with E-state index in [4.69, 9.17) is 17.3 Å². The van der Waals surface area contributed by atoms with E-state index in [0.29, 0.717) is 33.4 Å². The van der Waals surface area contributed by atoms with Crippen LogP contribution in [0.3, 0.4) is 0 Å². The number of rotatable bonds is 2. The third-order valence-corrected chi connectivity index (χ3v) is 3.57. The summed E-state index contributed by atoms with van der Waals surface area (Å²) in [6, 6.07) is 11.6. The Hall–Kier alpha value is -2.73. The van der Waals surface area contributed by atoms with Gasteiger partial charge in [-0.2, -0.15) is 0 Å². The van der Waals surface area contributed by atoms with Gasteiger partial charge in [0.05, 0.1) is 22.9 Å². The standard InChI is InChI=1S/C15H11ClN4O2/c16-12-4-2-1-3-10(12)15-11-7-9(20(21)22)5-6-13(11)19-14(17)8-18-15/h1-7H,8H2,(H2,17,19). The lowest BCUT2D eigenvalue weighted by atomic mass is 10.00. The summed E-state index contributed by atoms with van der Waals surface area (Å²) in [6.45, 7) is 0.211. The summed E-state index contributed by atoms with van der Waals surface area (Å²) < 4.78 is 0. The fourth-order valence-corrected chi connectivity index (χ4v) is 2.47. The largest absolute Gasteiger partial charge is 0.386 e. The molecule has 6 nitrogen and oxygen atoms in total. The second-order valence-electron chi connectivity index (χ2n) is 4.71. The van der Waals surface area contributed by atoms with Gasteiger partial charge < -0.3 is 5.73 Å². The number of non-ortho nitro benzene ring substituents is 1. The third kappa shape index (κ3) is 2.56. The van der Waals surface area contributed by atoms with Crippen molar-refractivity contribution in [1.82, 2.24) is 0 Å². The number of fused-ring (bicyclic) bond motifs is 1. The second-order valence-corrected chi connectivity index (χ2v) is 5.11. The Balaban J connectivity index is 2.25. The quantitative estimate of drug-likeness (QED) is 0.681. The molecule has 2 N–H and O–H groups in total. The van der Waals surface area contributed by atoms with Crippen molar-refractivity contribution in [3.63, 3.8) is 0 Å². The molecular weight excluding hydrogens is 304 g/mol. The van der Waals surface area contributed by atoms with Gasteiger partial charge in [-0.25, -0.2) is 4.99 Å². The number of amidine groups is 1. The maximum atomic E-state index is 11.0. The molecule has 110 valence electrons. The summed E-state index contributed by atoms with van der Waals surface area (Å²) in [6.07, 6.45) is 0. The molecule has 0 amide bonds. The SMILES string of the molecule is NC1=Nc2ccc([N+](=O)[O-])cc2C(c2ccccc2Cl)=NC1. The second kappa shape index (κ2) is 5.57. The Morgan fingerprint density at radius 1 is 1.18 bits per heavy atom. The average Bonchev–Trinajstić information content (AvgIpc) is 2.65. The number of hydrogen-bond acceptors (Lipinski definition) is 5. The number of nitro benzene ring substituents is 1. The van der Waals surface area contributed by atoms with Crippen LogP contribution in [0.5, 0.6) is 0 Å². The first-order valence-electron chi connectivity index (χ1n) is 6.47. The first-order chi connectivity index (χ1) is 10.6. The molecule has 1 heterocycles. The zero-order valence-corrected chi connectivity index (χ0v) is 12.1. The van der Waals surface area contributed by atoms with Crippen molar-refractivity contribution in [2.45, 2.75) is 0 Å². The normalized spacial score (nSPS) is 13.7. The first-order valence-corrected chi connectivity index (χ1v) is 6.85. The number of nitrogens with zero attached hydrogens (tertiary/aromatic N) is 3. The number of nitro groups is 1. The molecule has 3 rings (SSSR count). The molecule has 0 saturated heterocycles. The minimum Gasteiger partial charge on any atom is -0.386 e. The van der Waals surface area contributed by atoms with Gasteiger partial charge in [0.25, 0.3) is 5.69 Å². The molecule has 0 atom stereocenters. The van der Waals surface area contributed by atoms with Crippen LogP contribution < -0.4 is 5.73 Å². The maximum Gasteiger partial charge on any atom is 0.270 e. The van der Waals surface area contributed by atoms with E-state index in [1.54, 1.807) is 12.1 Å². The highest BCUT2D eigenvalue weighted by Gasteiger charge is 2.20. The highest BCUT2D eigenvalue weighted by molar-refractivity contribution is 6.36. The van der Waals surface area contributed by atoms with Gasteiger partial charge in [-0.05, 0) is 12.1 Å². The van der Waals surface area contributed by atoms with Crippen LogP contribution in [-0.2, 0) is 0 Å². The van der Waals surface area contributed by atoms with Crippen molar-refractivity contribution < 1.29 is 4.92 Å². The van der Waals surface area contributed by atoms with E-state index < -0.39 is 4.92 Å². The number of halogens is 1. The first kappa shape index (κ1) is 14.2. The van der Waals surface area contributed by atoms with E-state index in [-0.39, 0.29) is 12.2 Å². The van der Waals surface area contributed by atoms with Crippen molar-refractivity contribution in [2.24, 2.45) is 15.7 Å². The number of nitrogens with two attached hydrogens (primary N) is 1. The van der Waals surface area contributed by atoms with Crippen molar-refractivity contribution >= 4 is 34.5 Å². The minimum atomic E-state index is -0.456. The molecule has 0 saturated carbocycles. The zero-order chi connectivity index (χ0) is 15.7. The molecule has 1 aliphatic heterocycles. The van der Waals surface area contributed by atoms with Gasteiger partial charge in [-0.15, -0.1) is 0 Å². The van der Waals surface area contributed by atoms with Crippen molar-refractivity contribution in [3.05, 3.63) is 68.7 Å². The van der Waals surface area contributed by atoms with Crippen LogP contribution in [0.15, 0.2) is 52.4 Å². The van der Waals surface area contributed by atoms with Gasteiger partial charge in [-0.1, -0.05) is 29.8 Å². The number of hydrogen-bond donors (Lipinski definition) is 1. The highest BCUT2D eigenvalue weighted by atomic mass is 35.5. The van der Waals surface area contributed by atoms with Gasteiger partial charge >= 0.3 is 0 Å². The molecule has 0 aliphatic carbocycles. The lowest BCUT2D eigenvalue weighted by molar-refractivity contribution is -0.384. The fraction of sp³-hybridized carbons (Fsp3) is 0.0667. The molecule has 0 fully saturated rings. The third-order valence-electron chi connectivity index (χ3n) is 3.24. The molecule has 7 heteroatoms. The monoisotopic (exact) mass is 314 g/mol. The topological polar surface area (TPSA) is 93.9 Å². The van der Waals surface area contributed by atoms with Gasteiger partial charge in [0.15, 0.2) is 0 Å². The van der Waals surface area contributed by atoms with Crippen LogP contribution in [-0.4, -0.2) is 23.0 Å². The van der Waals surface area contributed by atoms with E-state index in [1.807, 2.05) is 18.2 Å². The Morgan fingerprint density at radius 3 is 2.68 bits per heavy atom. The molecule has 0 bridgehead atoms. The lowest BCUT2D eigenvalue weighted by Crippen LogP contribution is -2.14. The molecule has 2 aromatic carbocycles. The molecular formula is C15H11ClN4O2. The van der Waals surface area contributed by atoms with Crippen LogP contribution in [0.2, 0.25) is 5.02 Å². The molecule has 1 aliphatic rings. The molecule has 0 spiro atoms. The van der Waals surface area contributed by atoms with Crippen LogP contribution in [0.1, 0.15) is 11.1 Å². The van der Waals surface area contributed by atoms with E-state index in [2.05, 4.69) is 9.98 Å². The van der Waals surface area contributed by atoms with E-state index in [0.717, 1.165) is 0 Å². The summed E-state index contributed by atoms with van der Waals surface area (Å²) in [5.74, 6) is 0.345. The summed E-state index contributed by atoms with van der Waals surface area (Å²) in [7, 11) is 0. The smallest absolute Gasteiger partial charge is 0.270 e. The minimum absolute atomic E-state index is 0.0332. The molecule has 0 radical (unpaired) electrons. The van der Waals surface area contributed by atoms with Crippen molar-refractivity contribution in [3.8, 4) is 0 Å². The lowest BCUT2D eigenvalue weighted by Gasteiger charge is -2.09. The predicted molar refractivity (Wildman–Crippen MR) is 86.3 cm³/mol. The van der Waals surface area contributed by atoms with E-state index in [9.17, 15) is 10.1 Å². The Bertz CT molecular complexity index is 830. The van der Waals surface area contributed by atoms with Gasteiger partial charge in [-0.3, -0.25) is 15.1 Å². The Labute approximate surface area is 131 Å². The molecule has 0 aromatic heterocycles. The summed E-state index contributed by atoms with van der Waals surface area (Å²) >= 11 is 6.23. The molecule has 2 aromatic rings. The summed E-state index contributed by atoms with van der Waals surface area (Å²) in [4.78, 5) is 19.3. The summed E-state index contributed by atoms with van der Waals surface area (Å²) in [5, 5.41) is 11.5. The average molecular weight is 315 g/mol. The number of benzene rings is 2. The van der Waals surface area contributed by atoms with Crippen molar-refractivity contribution in [1.29, 1.82) is 0 Å². The van der Waals surface area contributed by atoms with E-state index in [1.165, 1.54) is 12.1 Å². The molecule has 22 heavy (non-hydrogen) atoms. The summed E-state index contributed by atoms with van der Waals surface area (Å²) in [5.41, 5.74) is 8.09. The van der Waals surface area contributed by atoms with E-state index >= 15 is 0 Å². The van der Waals surface area contributed by atoms with Gasteiger partial charge in [0.1, 0.15) is 5.84 Å². The Morgan fingerprint density at radius 2 is 1.95 bits per heavy atom. The van der Waals surface area contributed by atoms with Crippen LogP contribution in [0, 0.1) is 10.1 Å². The van der Waals surface area contributed by atoms with Gasteiger partial charge in [0, 0.05) is 28.3 Å². The zero-order valence-electron chi connectivity index (χ0n) is 11.4. The predicted octanol–water partition coefficient (Wildman–Crippen LogP) is 3.09. The number of aliphatic imine (C=N–C) groups is 2. The Kier molecular flexibility index (Phi) is 3.60. The maximum absolute atomic E-state index is 11.0. The molecule has 0 unspecified atom stereocenters. The van der Waals surface area contributed by atoms with Gasteiger partial charge in [0.2, 0.25) is 0 Å². The highest BCUT2D eigenvalue weighted by Crippen LogP contribution is 2.30. The van der Waals surface area contributed by atoms with Crippen LogP contribution >= 0.6 is 11.6 Å². The van der Waals surface area contributed by atoms with Crippen LogP contribution in [0.4, 0.5) is 11.4 Å². The van der Waals surface area contributed by atoms with Crippen molar-refractivity contribution in [2.75, 3.05) is 6.54 Å². The fourth-order valence-electron chi connectivity index (χ4n) is 2.24.